The van der Waals surface area contributed by atoms with Crippen molar-refractivity contribution < 1.29 is 4.74 Å². The number of hydrogen-bond acceptors (Lipinski definition) is 4. The van der Waals surface area contributed by atoms with Crippen molar-refractivity contribution in [2.75, 3.05) is 6.61 Å². The normalized spacial score (nSPS) is 11.7. The lowest BCUT2D eigenvalue weighted by molar-refractivity contribution is 0.335. The van der Waals surface area contributed by atoms with E-state index in [1.165, 1.54) is 10.2 Å². The summed E-state index contributed by atoms with van der Waals surface area (Å²) < 4.78 is 9.62. The first-order valence-corrected chi connectivity index (χ1v) is 13.8. The van der Waals surface area contributed by atoms with E-state index in [2.05, 4.69) is 63.5 Å². The van der Waals surface area contributed by atoms with Crippen LogP contribution in [0.25, 0.3) is 28.0 Å². The van der Waals surface area contributed by atoms with Crippen LogP contribution in [0.3, 0.4) is 0 Å². The number of rotatable bonds is 7. The second-order valence-electron chi connectivity index (χ2n) is 10.6. The van der Waals surface area contributed by atoms with Crippen molar-refractivity contribution in [1.82, 2.24) is 14.2 Å². The van der Waals surface area contributed by atoms with Gasteiger partial charge in [-0.05, 0) is 93.6 Å². The number of para-hydroxylation sites is 2. The third-order valence-corrected chi connectivity index (χ3v) is 7.41. The molecule has 0 saturated heterocycles. The van der Waals surface area contributed by atoms with Crippen molar-refractivity contribution in [3.05, 3.63) is 111 Å². The van der Waals surface area contributed by atoms with Crippen LogP contribution < -0.4 is 10.3 Å². The second kappa shape index (κ2) is 11.0. The maximum absolute atomic E-state index is 13.8. The van der Waals surface area contributed by atoms with Gasteiger partial charge < -0.3 is 9.30 Å². The molecular weight excluding hydrogens is 496 g/mol. The van der Waals surface area contributed by atoms with Gasteiger partial charge in [-0.2, -0.15) is 9.78 Å². The van der Waals surface area contributed by atoms with Gasteiger partial charge in [0.2, 0.25) is 0 Å². The fourth-order valence-electron chi connectivity index (χ4n) is 5.30. The van der Waals surface area contributed by atoms with E-state index in [1.54, 1.807) is 12.3 Å². The van der Waals surface area contributed by atoms with Gasteiger partial charge in [0, 0.05) is 28.2 Å². The SMILES string of the molecule is CCOc1cc(C)c(-c2nc3ccccc3c(=O)n2N=Cc2cc(C)n(-c3ccccc3C)c2C)cc1C(C)C. The van der Waals surface area contributed by atoms with Crippen LogP contribution >= 0.6 is 0 Å². The third kappa shape index (κ3) is 4.86. The minimum atomic E-state index is -0.205. The van der Waals surface area contributed by atoms with Gasteiger partial charge in [0.05, 0.1) is 23.7 Å². The van der Waals surface area contributed by atoms with Crippen LogP contribution in [0, 0.1) is 27.7 Å². The van der Waals surface area contributed by atoms with Crippen molar-refractivity contribution in [2.45, 2.75) is 54.4 Å². The Labute approximate surface area is 235 Å². The number of aryl methyl sites for hydroxylation is 3. The molecule has 2 heterocycles. The fraction of sp³-hybridized carbons (Fsp3) is 0.265. The summed E-state index contributed by atoms with van der Waals surface area (Å²) in [5.74, 6) is 1.60. The molecule has 0 aliphatic rings. The summed E-state index contributed by atoms with van der Waals surface area (Å²) in [5, 5.41) is 5.31. The molecule has 0 aliphatic carbocycles. The van der Waals surface area contributed by atoms with E-state index in [-0.39, 0.29) is 11.5 Å². The Morgan fingerprint density at radius 2 is 1.68 bits per heavy atom. The van der Waals surface area contributed by atoms with Crippen molar-refractivity contribution >= 4 is 17.1 Å². The Bertz CT molecular complexity index is 1810. The molecule has 3 aromatic carbocycles. The smallest absolute Gasteiger partial charge is 0.282 e. The number of aromatic nitrogens is 3. The van der Waals surface area contributed by atoms with E-state index in [4.69, 9.17) is 14.8 Å². The average Bonchev–Trinajstić information content (AvgIpc) is 3.21. The topological polar surface area (TPSA) is 61.4 Å². The molecule has 0 unspecified atom stereocenters. The van der Waals surface area contributed by atoms with Gasteiger partial charge in [0.25, 0.3) is 5.56 Å². The lowest BCUT2D eigenvalue weighted by atomic mass is 9.96. The van der Waals surface area contributed by atoms with Crippen LogP contribution in [0.5, 0.6) is 5.75 Å². The van der Waals surface area contributed by atoms with Gasteiger partial charge in [-0.1, -0.05) is 44.2 Å². The highest BCUT2D eigenvalue weighted by Gasteiger charge is 2.19. The highest BCUT2D eigenvalue weighted by Crippen LogP contribution is 2.34. The predicted molar refractivity (Wildman–Crippen MR) is 164 cm³/mol. The molecule has 2 aromatic heterocycles. The summed E-state index contributed by atoms with van der Waals surface area (Å²) in [6.07, 6.45) is 1.77. The maximum atomic E-state index is 13.8. The van der Waals surface area contributed by atoms with E-state index < -0.39 is 0 Å². The monoisotopic (exact) mass is 532 g/mol. The first kappa shape index (κ1) is 27.1. The van der Waals surface area contributed by atoms with Gasteiger partial charge >= 0.3 is 0 Å². The maximum Gasteiger partial charge on any atom is 0.282 e. The minimum absolute atomic E-state index is 0.205. The van der Waals surface area contributed by atoms with Gasteiger partial charge in [-0.25, -0.2) is 4.98 Å². The molecule has 0 fully saturated rings. The first-order valence-electron chi connectivity index (χ1n) is 13.8. The average molecular weight is 533 g/mol. The third-order valence-electron chi connectivity index (χ3n) is 7.41. The zero-order valence-electron chi connectivity index (χ0n) is 24.3. The zero-order chi connectivity index (χ0) is 28.6. The molecule has 6 nitrogen and oxygen atoms in total. The first-order chi connectivity index (χ1) is 19.2. The molecular formula is C34H36N4O2. The van der Waals surface area contributed by atoms with Gasteiger partial charge in [-0.15, -0.1) is 0 Å². The molecule has 0 N–H and O–H groups in total. The molecule has 0 atom stereocenters. The number of ether oxygens (including phenoxy) is 1. The Kier molecular flexibility index (Phi) is 7.44. The molecule has 40 heavy (non-hydrogen) atoms. The lowest BCUT2D eigenvalue weighted by Gasteiger charge is -2.18. The van der Waals surface area contributed by atoms with Crippen LogP contribution in [0.2, 0.25) is 0 Å². The number of hydrogen-bond donors (Lipinski definition) is 0. The van der Waals surface area contributed by atoms with E-state index >= 15 is 0 Å². The lowest BCUT2D eigenvalue weighted by Crippen LogP contribution is -2.21. The van der Waals surface area contributed by atoms with Gasteiger partial charge in [-0.3, -0.25) is 4.79 Å². The molecule has 0 saturated carbocycles. The molecule has 6 heteroatoms. The van der Waals surface area contributed by atoms with E-state index in [1.807, 2.05) is 50.2 Å². The molecule has 0 aliphatic heterocycles. The standard InChI is InChI=1S/C34H36N4O2/c1-8-40-32-17-23(5)29(19-28(32)21(2)3)33-36-30-15-11-10-14-27(30)34(39)38(33)35-20-26-18-24(6)37(25(26)7)31-16-12-9-13-22(31)4/h9-21H,8H2,1-7H3. The second-order valence-corrected chi connectivity index (χ2v) is 10.6. The highest BCUT2D eigenvalue weighted by atomic mass is 16.5. The predicted octanol–water partition coefficient (Wildman–Crippen LogP) is 7.49. The van der Waals surface area contributed by atoms with Gasteiger partial charge in [0.15, 0.2) is 5.82 Å². The molecule has 204 valence electrons. The van der Waals surface area contributed by atoms with Crippen LogP contribution in [-0.4, -0.2) is 27.0 Å². The summed E-state index contributed by atoms with van der Waals surface area (Å²) >= 11 is 0. The molecule has 0 amide bonds. The Morgan fingerprint density at radius 1 is 0.950 bits per heavy atom. The summed E-state index contributed by atoms with van der Waals surface area (Å²) in [4.78, 5) is 18.8. The summed E-state index contributed by atoms with van der Waals surface area (Å²) in [5.41, 5.74) is 8.76. The van der Waals surface area contributed by atoms with E-state index in [0.29, 0.717) is 23.3 Å². The summed E-state index contributed by atoms with van der Waals surface area (Å²) in [6.45, 7) is 15.1. The minimum Gasteiger partial charge on any atom is -0.494 e. The molecule has 0 radical (unpaired) electrons. The fourth-order valence-corrected chi connectivity index (χ4v) is 5.30. The van der Waals surface area contributed by atoms with Crippen LogP contribution in [0.1, 0.15) is 60.3 Å². The van der Waals surface area contributed by atoms with Gasteiger partial charge in [0.1, 0.15) is 5.75 Å². The van der Waals surface area contributed by atoms with Crippen LogP contribution in [-0.2, 0) is 0 Å². The quantitative estimate of drug-likeness (QED) is 0.204. The molecule has 5 aromatic rings. The van der Waals surface area contributed by atoms with Crippen molar-refractivity contribution in [2.24, 2.45) is 5.10 Å². The van der Waals surface area contributed by atoms with Crippen LogP contribution in [0.15, 0.2) is 76.6 Å². The van der Waals surface area contributed by atoms with Crippen LogP contribution in [0.4, 0.5) is 0 Å². The number of nitrogens with zero attached hydrogens (tertiary/aromatic N) is 4. The van der Waals surface area contributed by atoms with E-state index in [0.717, 1.165) is 45.1 Å². The van der Waals surface area contributed by atoms with E-state index in [9.17, 15) is 4.79 Å². The molecule has 5 rings (SSSR count). The zero-order valence-corrected chi connectivity index (χ0v) is 24.3. The summed E-state index contributed by atoms with van der Waals surface area (Å²) in [7, 11) is 0. The van der Waals surface area contributed by atoms with Crippen molar-refractivity contribution in [3.8, 4) is 22.8 Å². The van der Waals surface area contributed by atoms with Crippen molar-refractivity contribution in [1.29, 1.82) is 0 Å². The highest BCUT2D eigenvalue weighted by molar-refractivity contribution is 5.84. The number of fused-ring (bicyclic) bond motifs is 1. The summed E-state index contributed by atoms with van der Waals surface area (Å²) in [6, 6.07) is 22.0. The Balaban J connectivity index is 1.71. The molecule has 0 bridgehead atoms. The molecule has 0 spiro atoms. The number of benzene rings is 3. The Hall–Kier alpha value is -4.45. The Morgan fingerprint density at radius 3 is 2.40 bits per heavy atom. The largest absolute Gasteiger partial charge is 0.494 e. The van der Waals surface area contributed by atoms with Crippen molar-refractivity contribution in [3.63, 3.8) is 0 Å².